The van der Waals surface area contributed by atoms with E-state index in [1.165, 1.54) is 0 Å². The van der Waals surface area contributed by atoms with Crippen molar-refractivity contribution >= 4 is 5.91 Å². The van der Waals surface area contributed by atoms with Gasteiger partial charge in [-0.1, -0.05) is 44.2 Å². The highest BCUT2D eigenvalue weighted by molar-refractivity contribution is 5.81. The molecule has 0 radical (unpaired) electrons. The molecule has 1 N–H and O–H groups in total. The molecule has 0 bridgehead atoms. The monoisotopic (exact) mass is 355 g/mol. The lowest BCUT2D eigenvalue weighted by Crippen LogP contribution is -2.38. The van der Waals surface area contributed by atoms with E-state index in [1.807, 2.05) is 43.3 Å². The Bertz CT molecular complexity index is 742. The average Bonchev–Trinajstić information content (AvgIpc) is 2.66. The molecule has 140 valence electrons. The maximum absolute atomic E-state index is 12.6. The first kappa shape index (κ1) is 19.8. The van der Waals surface area contributed by atoms with E-state index in [1.54, 1.807) is 14.0 Å². The van der Waals surface area contributed by atoms with Crippen LogP contribution in [0.2, 0.25) is 0 Å². The minimum atomic E-state index is -0.559. The molecule has 4 nitrogen and oxygen atoms in total. The van der Waals surface area contributed by atoms with E-state index in [4.69, 9.17) is 9.47 Å². The summed E-state index contributed by atoms with van der Waals surface area (Å²) < 4.78 is 11.2. The summed E-state index contributed by atoms with van der Waals surface area (Å²) >= 11 is 0. The summed E-state index contributed by atoms with van der Waals surface area (Å²) in [5, 5.41) is 3.10. The number of amides is 1. The largest absolute Gasteiger partial charge is 0.496 e. The zero-order chi connectivity index (χ0) is 19.1. The van der Waals surface area contributed by atoms with Crippen molar-refractivity contribution in [2.24, 2.45) is 0 Å². The van der Waals surface area contributed by atoms with Gasteiger partial charge >= 0.3 is 0 Å². The maximum atomic E-state index is 12.6. The normalized spacial score (nSPS) is 13.0. The third-order valence-electron chi connectivity index (χ3n) is 4.57. The molecule has 0 heterocycles. The number of ether oxygens (including phenoxy) is 2. The van der Waals surface area contributed by atoms with Gasteiger partial charge in [0.2, 0.25) is 0 Å². The average molecular weight is 355 g/mol. The first-order valence-corrected chi connectivity index (χ1v) is 9.19. The molecule has 0 saturated carbocycles. The van der Waals surface area contributed by atoms with Crippen LogP contribution in [0.4, 0.5) is 0 Å². The van der Waals surface area contributed by atoms with Crippen LogP contribution < -0.4 is 14.8 Å². The Morgan fingerprint density at radius 3 is 2.46 bits per heavy atom. The minimum Gasteiger partial charge on any atom is -0.496 e. The van der Waals surface area contributed by atoms with E-state index < -0.39 is 6.10 Å². The summed E-state index contributed by atoms with van der Waals surface area (Å²) in [6.07, 6.45) is 1.11. The standard InChI is InChI=1S/C22H29NO3/c1-6-17-10-8-9-11-21(17)26-16(4)22(24)23-19(7-2)18-12-13-20(25-5)15(3)14-18/h8-14,16,19H,6-7H2,1-5H3,(H,23,24). The molecule has 0 saturated heterocycles. The number of aryl methyl sites for hydroxylation is 2. The predicted molar refractivity (Wildman–Crippen MR) is 105 cm³/mol. The van der Waals surface area contributed by atoms with Gasteiger partial charge in [0.25, 0.3) is 5.91 Å². The van der Waals surface area contributed by atoms with Gasteiger partial charge in [-0.3, -0.25) is 4.79 Å². The number of para-hydroxylation sites is 1. The molecule has 0 aliphatic heterocycles. The van der Waals surface area contributed by atoms with E-state index >= 15 is 0 Å². The summed E-state index contributed by atoms with van der Waals surface area (Å²) in [7, 11) is 1.66. The van der Waals surface area contributed by atoms with E-state index in [0.29, 0.717) is 0 Å². The summed E-state index contributed by atoms with van der Waals surface area (Å²) in [4.78, 5) is 12.6. The van der Waals surface area contributed by atoms with Crippen LogP contribution in [-0.4, -0.2) is 19.1 Å². The van der Waals surface area contributed by atoms with Crippen molar-refractivity contribution in [3.05, 3.63) is 59.2 Å². The van der Waals surface area contributed by atoms with Crippen LogP contribution >= 0.6 is 0 Å². The molecule has 2 rings (SSSR count). The topological polar surface area (TPSA) is 47.6 Å². The molecular formula is C22H29NO3. The van der Waals surface area contributed by atoms with Gasteiger partial charge < -0.3 is 14.8 Å². The van der Waals surface area contributed by atoms with Crippen molar-refractivity contribution in [1.82, 2.24) is 5.32 Å². The molecule has 0 aliphatic rings. The summed E-state index contributed by atoms with van der Waals surface area (Å²) in [5.41, 5.74) is 3.23. The molecule has 0 aromatic heterocycles. The summed E-state index contributed by atoms with van der Waals surface area (Å²) in [5.74, 6) is 1.50. The Labute approximate surface area is 156 Å². The Morgan fingerprint density at radius 2 is 1.85 bits per heavy atom. The maximum Gasteiger partial charge on any atom is 0.261 e. The van der Waals surface area contributed by atoms with Crippen LogP contribution in [0.3, 0.4) is 0 Å². The van der Waals surface area contributed by atoms with E-state index in [9.17, 15) is 4.79 Å². The van der Waals surface area contributed by atoms with Gasteiger partial charge in [0, 0.05) is 0 Å². The first-order valence-electron chi connectivity index (χ1n) is 9.19. The lowest BCUT2D eigenvalue weighted by atomic mass is 10.0. The van der Waals surface area contributed by atoms with Crippen molar-refractivity contribution in [2.75, 3.05) is 7.11 Å². The van der Waals surface area contributed by atoms with Gasteiger partial charge in [-0.15, -0.1) is 0 Å². The second-order valence-electron chi connectivity index (χ2n) is 6.42. The van der Waals surface area contributed by atoms with Crippen LogP contribution in [0.1, 0.15) is 49.9 Å². The van der Waals surface area contributed by atoms with Gasteiger partial charge in [-0.25, -0.2) is 0 Å². The molecule has 2 atom stereocenters. The van der Waals surface area contributed by atoms with Gasteiger partial charge in [0.15, 0.2) is 6.10 Å². The highest BCUT2D eigenvalue weighted by atomic mass is 16.5. The molecule has 0 aliphatic carbocycles. The molecule has 2 aromatic rings. The zero-order valence-electron chi connectivity index (χ0n) is 16.3. The van der Waals surface area contributed by atoms with E-state index in [2.05, 4.69) is 25.2 Å². The lowest BCUT2D eigenvalue weighted by molar-refractivity contribution is -0.128. The van der Waals surface area contributed by atoms with Crippen molar-refractivity contribution in [3.63, 3.8) is 0 Å². The molecule has 2 aromatic carbocycles. The van der Waals surface area contributed by atoms with E-state index in [0.717, 1.165) is 41.0 Å². The number of methoxy groups -OCH3 is 1. The molecule has 26 heavy (non-hydrogen) atoms. The SMILES string of the molecule is CCc1ccccc1OC(C)C(=O)NC(CC)c1ccc(OC)c(C)c1. The van der Waals surface area contributed by atoms with Gasteiger partial charge in [-0.2, -0.15) is 0 Å². The van der Waals surface area contributed by atoms with Gasteiger partial charge in [0.1, 0.15) is 11.5 Å². The summed E-state index contributed by atoms with van der Waals surface area (Å²) in [6, 6.07) is 13.8. The van der Waals surface area contributed by atoms with Crippen molar-refractivity contribution in [3.8, 4) is 11.5 Å². The Kier molecular flexibility index (Phi) is 7.07. The molecule has 4 heteroatoms. The van der Waals surface area contributed by atoms with Gasteiger partial charge in [0.05, 0.1) is 13.2 Å². The fraction of sp³-hybridized carbons (Fsp3) is 0.409. The zero-order valence-corrected chi connectivity index (χ0v) is 16.3. The minimum absolute atomic E-state index is 0.0559. The van der Waals surface area contributed by atoms with Crippen molar-refractivity contribution in [2.45, 2.75) is 52.7 Å². The van der Waals surface area contributed by atoms with E-state index in [-0.39, 0.29) is 11.9 Å². The molecule has 0 fully saturated rings. The van der Waals surface area contributed by atoms with Crippen LogP contribution in [0.15, 0.2) is 42.5 Å². The Balaban J connectivity index is 2.07. The number of carbonyl (C=O) groups is 1. The van der Waals surface area contributed by atoms with Crippen molar-refractivity contribution < 1.29 is 14.3 Å². The first-order chi connectivity index (χ1) is 12.5. The fourth-order valence-corrected chi connectivity index (χ4v) is 2.98. The van der Waals surface area contributed by atoms with Crippen molar-refractivity contribution in [1.29, 1.82) is 0 Å². The molecular weight excluding hydrogens is 326 g/mol. The number of hydrogen-bond donors (Lipinski definition) is 1. The van der Waals surface area contributed by atoms with Crippen LogP contribution in [0, 0.1) is 6.92 Å². The van der Waals surface area contributed by atoms with Gasteiger partial charge in [-0.05, 0) is 55.5 Å². The molecule has 0 spiro atoms. The van der Waals surface area contributed by atoms with Crippen LogP contribution in [0.25, 0.3) is 0 Å². The van der Waals surface area contributed by atoms with Crippen LogP contribution in [-0.2, 0) is 11.2 Å². The molecule has 2 unspecified atom stereocenters. The number of benzene rings is 2. The number of nitrogens with one attached hydrogen (secondary N) is 1. The molecule has 1 amide bonds. The second-order valence-corrected chi connectivity index (χ2v) is 6.42. The lowest BCUT2D eigenvalue weighted by Gasteiger charge is -2.22. The highest BCUT2D eigenvalue weighted by Crippen LogP contribution is 2.25. The quantitative estimate of drug-likeness (QED) is 0.753. The third-order valence-corrected chi connectivity index (χ3v) is 4.57. The number of rotatable bonds is 8. The summed E-state index contributed by atoms with van der Waals surface area (Å²) in [6.45, 7) is 7.92. The predicted octanol–water partition coefficient (Wildman–Crippen LogP) is 4.60. The Morgan fingerprint density at radius 1 is 1.12 bits per heavy atom. The Hall–Kier alpha value is -2.49. The number of carbonyl (C=O) groups excluding carboxylic acids is 1. The van der Waals surface area contributed by atoms with Crippen LogP contribution in [0.5, 0.6) is 11.5 Å². The third kappa shape index (κ3) is 4.78. The second kappa shape index (κ2) is 9.27. The number of hydrogen-bond acceptors (Lipinski definition) is 3. The highest BCUT2D eigenvalue weighted by Gasteiger charge is 2.20. The fourth-order valence-electron chi connectivity index (χ4n) is 2.98. The smallest absolute Gasteiger partial charge is 0.261 e.